The molecule has 1 saturated heterocycles. The number of nitrogens with zero attached hydrogens (tertiary/aromatic N) is 1. The lowest BCUT2D eigenvalue weighted by Gasteiger charge is -2.19. The van der Waals surface area contributed by atoms with Crippen molar-refractivity contribution in [2.75, 3.05) is 19.6 Å². The topological polar surface area (TPSA) is 81.7 Å². The molecule has 144 valence electrons. The van der Waals surface area contributed by atoms with E-state index in [1.54, 1.807) is 0 Å². The normalized spacial score (nSPS) is 17.0. The molecule has 6 nitrogen and oxygen atoms in total. The fourth-order valence-corrected chi connectivity index (χ4v) is 3.19. The predicted octanol–water partition coefficient (Wildman–Crippen LogP) is 1.99. The second-order valence-electron chi connectivity index (χ2n) is 7.16. The van der Waals surface area contributed by atoms with Crippen LogP contribution in [-0.2, 0) is 22.7 Å². The molecule has 2 rings (SSSR count). The first-order valence-corrected chi connectivity index (χ1v) is 9.52. The third kappa shape index (κ3) is 6.42. The van der Waals surface area contributed by atoms with Crippen LogP contribution in [0.5, 0.6) is 0 Å². The highest BCUT2D eigenvalue weighted by atomic mass is 16.4. The van der Waals surface area contributed by atoms with E-state index in [2.05, 4.69) is 27.7 Å². The Hall–Kier alpha value is -1.92. The van der Waals surface area contributed by atoms with E-state index in [1.807, 2.05) is 26.0 Å². The van der Waals surface area contributed by atoms with Crippen LogP contribution >= 0.6 is 0 Å². The quantitative estimate of drug-likeness (QED) is 0.594. The molecule has 3 N–H and O–H groups in total. The molecule has 1 aliphatic heterocycles. The number of benzene rings is 1. The van der Waals surface area contributed by atoms with Gasteiger partial charge in [0.25, 0.3) is 0 Å². The Kier molecular flexibility index (Phi) is 8.06. The lowest BCUT2D eigenvalue weighted by atomic mass is 9.99. The molecule has 26 heavy (non-hydrogen) atoms. The summed E-state index contributed by atoms with van der Waals surface area (Å²) >= 11 is 0. The predicted molar refractivity (Wildman–Crippen MR) is 102 cm³/mol. The third-order valence-electron chi connectivity index (χ3n) is 5.08. The standard InChI is InChI=1S/C20H31N3O3/c1-3-15(2)19(20(25)26)22-13-18(24)21-12-16-6-8-17(9-7-16)14-23-10-4-5-11-23/h6-9,15,19,22H,3-5,10-14H2,1-2H3,(H,21,24)(H,25,26)/t15-,19-/m0/s1. The summed E-state index contributed by atoms with van der Waals surface area (Å²) in [7, 11) is 0. The molecular formula is C20H31N3O3. The van der Waals surface area contributed by atoms with Crippen molar-refractivity contribution < 1.29 is 14.7 Å². The van der Waals surface area contributed by atoms with Crippen molar-refractivity contribution >= 4 is 11.9 Å². The summed E-state index contributed by atoms with van der Waals surface area (Å²) < 4.78 is 0. The maximum atomic E-state index is 12.0. The number of amides is 1. The van der Waals surface area contributed by atoms with Gasteiger partial charge in [-0.05, 0) is 43.0 Å². The highest BCUT2D eigenvalue weighted by Gasteiger charge is 2.23. The second kappa shape index (κ2) is 10.3. The molecule has 2 atom stereocenters. The van der Waals surface area contributed by atoms with Gasteiger partial charge in [0.2, 0.25) is 5.91 Å². The lowest BCUT2D eigenvalue weighted by Crippen LogP contribution is -2.46. The molecule has 0 radical (unpaired) electrons. The average Bonchev–Trinajstić information content (AvgIpc) is 3.13. The first kappa shape index (κ1) is 20.4. The molecule has 1 fully saturated rings. The largest absolute Gasteiger partial charge is 0.480 e. The van der Waals surface area contributed by atoms with Gasteiger partial charge in [0.05, 0.1) is 6.54 Å². The van der Waals surface area contributed by atoms with Gasteiger partial charge in [-0.15, -0.1) is 0 Å². The number of carboxylic acid groups (broad SMARTS) is 1. The van der Waals surface area contributed by atoms with Gasteiger partial charge in [0.15, 0.2) is 0 Å². The van der Waals surface area contributed by atoms with Gasteiger partial charge in [-0.25, -0.2) is 0 Å². The zero-order valence-corrected chi connectivity index (χ0v) is 15.8. The van der Waals surface area contributed by atoms with Gasteiger partial charge in [0, 0.05) is 13.1 Å². The van der Waals surface area contributed by atoms with Crippen molar-refractivity contribution in [3.63, 3.8) is 0 Å². The van der Waals surface area contributed by atoms with Crippen LogP contribution in [0.1, 0.15) is 44.2 Å². The second-order valence-corrected chi connectivity index (χ2v) is 7.16. The summed E-state index contributed by atoms with van der Waals surface area (Å²) in [6.45, 7) is 7.61. The van der Waals surface area contributed by atoms with E-state index in [0.29, 0.717) is 6.54 Å². The average molecular weight is 361 g/mol. The van der Waals surface area contributed by atoms with E-state index < -0.39 is 12.0 Å². The molecule has 1 aromatic carbocycles. The van der Waals surface area contributed by atoms with Gasteiger partial charge in [-0.2, -0.15) is 0 Å². The van der Waals surface area contributed by atoms with Gasteiger partial charge >= 0.3 is 5.97 Å². The molecule has 0 spiro atoms. The van der Waals surface area contributed by atoms with E-state index in [-0.39, 0.29) is 18.4 Å². The van der Waals surface area contributed by atoms with Gasteiger partial charge in [-0.3, -0.25) is 19.8 Å². The summed E-state index contributed by atoms with van der Waals surface area (Å²) in [6, 6.07) is 7.61. The fourth-order valence-electron chi connectivity index (χ4n) is 3.19. The van der Waals surface area contributed by atoms with E-state index in [9.17, 15) is 14.7 Å². The Morgan fingerprint density at radius 2 is 1.77 bits per heavy atom. The molecule has 0 aromatic heterocycles. The minimum Gasteiger partial charge on any atom is -0.480 e. The summed E-state index contributed by atoms with van der Waals surface area (Å²) in [6.07, 6.45) is 3.32. The zero-order chi connectivity index (χ0) is 18.9. The molecule has 0 saturated carbocycles. The minimum absolute atomic E-state index is 0.00828. The Balaban J connectivity index is 1.73. The van der Waals surface area contributed by atoms with Crippen LogP contribution < -0.4 is 10.6 Å². The Morgan fingerprint density at radius 1 is 1.15 bits per heavy atom. The SMILES string of the molecule is CC[C@H](C)[C@H](NCC(=O)NCc1ccc(CN2CCCC2)cc1)C(=O)O. The molecule has 1 heterocycles. The van der Waals surface area contributed by atoms with Crippen LogP contribution in [-0.4, -0.2) is 47.6 Å². The fraction of sp³-hybridized carbons (Fsp3) is 0.600. The number of nitrogens with one attached hydrogen (secondary N) is 2. The third-order valence-corrected chi connectivity index (χ3v) is 5.08. The molecule has 1 aliphatic rings. The van der Waals surface area contributed by atoms with E-state index >= 15 is 0 Å². The van der Waals surface area contributed by atoms with Crippen LogP contribution in [0, 0.1) is 5.92 Å². The number of hydrogen-bond acceptors (Lipinski definition) is 4. The van der Waals surface area contributed by atoms with Crippen LogP contribution in [0.15, 0.2) is 24.3 Å². The van der Waals surface area contributed by atoms with Crippen LogP contribution in [0.4, 0.5) is 0 Å². The van der Waals surface area contributed by atoms with Gasteiger partial charge < -0.3 is 10.4 Å². The Labute approximate surface area is 156 Å². The van der Waals surface area contributed by atoms with Crippen LogP contribution in [0.3, 0.4) is 0 Å². The number of carbonyl (C=O) groups is 2. The van der Waals surface area contributed by atoms with Crippen molar-refractivity contribution in [3.8, 4) is 0 Å². The Morgan fingerprint density at radius 3 is 2.35 bits per heavy atom. The molecule has 0 aliphatic carbocycles. The smallest absolute Gasteiger partial charge is 0.320 e. The molecule has 0 unspecified atom stereocenters. The lowest BCUT2D eigenvalue weighted by molar-refractivity contribution is -0.140. The Bertz CT molecular complexity index is 582. The number of likely N-dealkylation sites (tertiary alicyclic amines) is 1. The number of aliphatic carboxylic acids is 1. The molecular weight excluding hydrogens is 330 g/mol. The van der Waals surface area contributed by atoms with Gasteiger partial charge in [-0.1, -0.05) is 44.5 Å². The first-order chi connectivity index (χ1) is 12.5. The summed E-state index contributed by atoms with van der Waals surface area (Å²) in [5, 5.41) is 14.9. The van der Waals surface area contributed by atoms with Crippen LogP contribution in [0.25, 0.3) is 0 Å². The first-order valence-electron chi connectivity index (χ1n) is 9.52. The molecule has 1 amide bonds. The van der Waals surface area contributed by atoms with Crippen LogP contribution in [0.2, 0.25) is 0 Å². The van der Waals surface area contributed by atoms with E-state index in [0.717, 1.165) is 18.5 Å². The molecule has 1 aromatic rings. The van der Waals surface area contributed by atoms with E-state index in [1.165, 1.54) is 31.5 Å². The van der Waals surface area contributed by atoms with Crippen molar-refractivity contribution in [3.05, 3.63) is 35.4 Å². The number of carboxylic acids is 1. The van der Waals surface area contributed by atoms with Crippen molar-refractivity contribution in [1.82, 2.24) is 15.5 Å². The molecule has 6 heteroatoms. The van der Waals surface area contributed by atoms with Crippen molar-refractivity contribution in [1.29, 1.82) is 0 Å². The summed E-state index contributed by atoms with van der Waals surface area (Å²) in [4.78, 5) is 25.7. The van der Waals surface area contributed by atoms with Gasteiger partial charge in [0.1, 0.15) is 6.04 Å². The monoisotopic (exact) mass is 361 g/mol. The number of hydrogen-bond donors (Lipinski definition) is 3. The number of rotatable bonds is 10. The van der Waals surface area contributed by atoms with Crippen molar-refractivity contribution in [2.45, 2.75) is 52.2 Å². The maximum absolute atomic E-state index is 12.0. The highest BCUT2D eigenvalue weighted by Crippen LogP contribution is 2.13. The highest BCUT2D eigenvalue weighted by molar-refractivity contribution is 5.80. The molecule has 0 bridgehead atoms. The summed E-state index contributed by atoms with van der Waals surface area (Å²) in [5.74, 6) is -1.13. The van der Waals surface area contributed by atoms with Crippen molar-refractivity contribution in [2.24, 2.45) is 5.92 Å². The van der Waals surface area contributed by atoms with E-state index in [4.69, 9.17) is 0 Å². The summed E-state index contributed by atoms with van der Waals surface area (Å²) in [5.41, 5.74) is 2.33. The maximum Gasteiger partial charge on any atom is 0.320 e. The number of carbonyl (C=O) groups excluding carboxylic acids is 1. The minimum atomic E-state index is -0.916. The zero-order valence-electron chi connectivity index (χ0n) is 15.8.